The molecule has 1 N–H and O–H groups in total. The van der Waals surface area contributed by atoms with Crippen molar-refractivity contribution in [3.63, 3.8) is 0 Å². The van der Waals surface area contributed by atoms with Crippen LogP contribution in [0.2, 0.25) is 10.0 Å². The van der Waals surface area contributed by atoms with Crippen LogP contribution in [0.1, 0.15) is 5.56 Å². The molecule has 1 rings (SSSR count). The number of halogens is 2. The number of carboxylic acid groups (broad SMARTS) is 1. The minimum atomic E-state index is -0.881. The summed E-state index contributed by atoms with van der Waals surface area (Å²) in [6, 6.07) is 4.78. The van der Waals surface area contributed by atoms with E-state index in [1.807, 2.05) is 0 Å². The minimum Gasteiger partial charge on any atom is -0.481 e. The summed E-state index contributed by atoms with van der Waals surface area (Å²) in [5, 5.41) is 9.27. The van der Waals surface area contributed by atoms with E-state index in [2.05, 4.69) is 4.74 Å². The number of benzene rings is 1. The molecule has 0 aromatic heterocycles. The maximum Gasteiger partial charge on any atom is 0.307 e. The second-order valence-corrected chi connectivity index (χ2v) is 3.54. The molecule has 0 heterocycles. The van der Waals surface area contributed by atoms with E-state index in [9.17, 15) is 4.79 Å². The standard InChI is InChI=1S/C8H6Cl2O2.C2H6O/c9-6-2-1-5(3-7(6)10)4-8(11)12;1-3-2/h1-3H,4H2,(H,11,12);1-2H3. The van der Waals surface area contributed by atoms with Crippen molar-refractivity contribution in [2.75, 3.05) is 14.2 Å². The summed E-state index contributed by atoms with van der Waals surface area (Å²) in [5.41, 5.74) is 0.650. The van der Waals surface area contributed by atoms with E-state index in [1.54, 1.807) is 32.4 Å². The fourth-order valence-electron chi connectivity index (χ4n) is 0.824. The average Bonchev–Trinajstić information content (AvgIpc) is 2.12. The molecule has 0 aliphatic carbocycles. The Morgan fingerprint density at radius 2 is 1.87 bits per heavy atom. The summed E-state index contributed by atoms with van der Waals surface area (Å²) in [5.74, 6) is -0.881. The van der Waals surface area contributed by atoms with Crippen molar-refractivity contribution in [1.29, 1.82) is 0 Å². The summed E-state index contributed by atoms with van der Waals surface area (Å²) >= 11 is 11.3. The van der Waals surface area contributed by atoms with E-state index in [1.165, 1.54) is 0 Å². The molecule has 0 unspecified atom stereocenters. The Morgan fingerprint density at radius 3 is 2.27 bits per heavy atom. The molecule has 5 heteroatoms. The van der Waals surface area contributed by atoms with Crippen LogP contribution in [0.5, 0.6) is 0 Å². The summed E-state index contributed by atoms with van der Waals surface area (Å²) in [6.45, 7) is 0. The van der Waals surface area contributed by atoms with Crippen LogP contribution >= 0.6 is 23.2 Å². The van der Waals surface area contributed by atoms with Crippen LogP contribution < -0.4 is 0 Å². The molecule has 0 saturated carbocycles. The number of carboxylic acids is 1. The molecule has 15 heavy (non-hydrogen) atoms. The van der Waals surface area contributed by atoms with Crippen molar-refractivity contribution in [1.82, 2.24) is 0 Å². The van der Waals surface area contributed by atoms with Gasteiger partial charge in [0.1, 0.15) is 0 Å². The van der Waals surface area contributed by atoms with Gasteiger partial charge in [-0.1, -0.05) is 29.3 Å². The first-order valence-electron chi connectivity index (χ1n) is 4.07. The maximum absolute atomic E-state index is 10.3. The fourth-order valence-corrected chi connectivity index (χ4v) is 1.14. The Hall–Kier alpha value is -0.770. The SMILES string of the molecule is COC.O=C(O)Cc1ccc(Cl)c(Cl)c1. The van der Waals surface area contributed by atoms with Crippen molar-refractivity contribution in [2.45, 2.75) is 6.42 Å². The highest BCUT2D eigenvalue weighted by Gasteiger charge is 2.02. The zero-order valence-corrected chi connectivity index (χ0v) is 9.97. The molecule has 84 valence electrons. The monoisotopic (exact) mass is 250 g/mol. The van der Waals surface area contributed by atoms with E-state index in [0.717, 1.165) is 0 Å². The van der Waals surface area contributed by atoms with Gasteiger partial charge in [0.15, 0.2) is 0 Å². The second kappa shape index (κ2) is 7.51. The Balaban J connectivity index is 0.000000583. The van der Waals surface area contributed by atoms with Crippen molar-refractivity contribution in [3.8, 4) is 0 Å². The van der Waals surface area contributed by atoms with Crippen LogP contribution in [0.15, 0.2) is 18.2 Å². The van der Waals surface area contributed by atoms with Gasteiger partial charge < -0.3 is 9.84 Å². The molecule has 0 saturated heterocycles. The normalized spacial score (nSPS) is 9.07. The van der Waals surface area contributed by atoms with Crippen LogP contribution in [-0.4, -0.2) is 25.3 Å². The molecular formula is C10H12Cl2O3. The summed E-state index contributed by atoms with van der Waals surface area (Å²) in [4.78, 5) is 10.3. The van der Waals surface area contributed by atoms with Gasteiger partial charge in [-0.05, 0) is 17.7 Å². The molecule has 0 radical (unpaired) electrons. The Kier molecular flexibility index (Phi) is 7.13. The molecular weight excluding hydrogens is 239 g/mol. The van der Waals surface area contributed by atoms with Crippen LogP contribution in [0.25, 0.3) is 0 Å². The number of carbonyl (C=O) groups is 1. The first-order chi connectivity index (χ1) is 7.01. The number of hydrogen-bond acceptors (Lipinski definition) is 2. The molecule has 0 atom stereocenters. The summed E-state index contributed by atoms with van der Waals surface area (Å²) in [6.07, 6.45) is -0.0309. The smallest absolute Gasteiger partial charge is 0.307 e. The molecule has 0 amide bonds. The predicted molar refractivity (Wildman–Crippen MR) is 60.7 cm³/mol. The van der Waals surface area contributed by atoms with Gasteiger partial charge in [-0.15, -0.1) is 0 Å². The third-order valence-electron chi connectivity index (χ3n) is 1.34. The Labute approximate surface area is 98.6 Å². The Bertz CT molecular complexity index is 326. The van der Waals surface area contributed by atoms with Gasteiger partial charge in [0.2, 0.25) is 0 Å². The van der Waals surface area contributed by atoms with Crippen molar-refractivity contribution in [3.05, 3.63) is 33.8 Å². The fraction of sp³-hybridized carbons (Fsp3) is 0.300. The maximum atomic E-state index is 10.3. The molecule has 1 aromatic rings. The lowest BCUT2D eigenvalue weighted by molar-refractivity contribution is -0.136. The van der Waals surface area contributed by atoms with Crippen molar-refractivity contribution < 1.29 is 14.6 Å². The lowest BCUT2D eigenvalue weighted by Gasteiger charge is -1.98. The predicted octanol–water partition coefficient (Wildman–Crippen LogP) is 2.88. The highest BCUT2D eigenvalue weighted by Crippen LogP contribution is 2.22. The summed E-state index contributed by atoms with van der Waals surface area (Å²) in [7, 11) is 3.25. The highest BCUT2D eigenvalue weighted by molar-refractivity contribution is 6.42. The quantitative estimate of drug-likeness (QED) is 0.878. The van der Waals surface area contributed by atoms with Gasteiger partial charge in [0, 0.05) is 14.2 Å². The number of hydrogen-bond donors (Lipinski definition) is 1. The van der Waals surface area contributed by atoms with Gasteiger partial charge in [0.25, 0.3) is 0 Å². The molecule has 1 aromatic carbocycles. The van der Waals surface area contributed by atoms with Gasteiger partial charge in [-0.25, -0.2) is 0 Å². The molecule has 0 aliphatic heterocycles. The molecule has 0 aliphatic rings. The second-order valence-electron chi connectivity index (χ2n) is 2.73. The van der Waals surface area contributed by atoms with Gasteiger partial charge in [0.05, 0.1) is 16.5 Å². The molecule has 0 spiro atoms. The van der Waals surface area contributed by atoms with E-state index >= 15 is 0 Å². The largest absolute Gasteiger partial charge is 0.481 e. The van der Waals surface area contributed by atoms with Crippen LogP contribution in [-0.2, 0) is 16.0 Å². The topological polar surface area (TPSA) is 46.5 Å². The zero-order valence-electron chi connectivity index (χ0n) is 8.46. The summed E-state index contributed by atoms with van der Waals surface area (Å²) < 4.78 is 4.25. The van der Waals surface area contributed by atoms with Gasteiger partial charge in [-0.2, -0.15) is 0 Å². The van der Waals surface area contributed by atoms with E-state index in [-0.39, 0.29) is 6.42 Å². The van der Waals surface area contributed by atoms with Crippen molar-refractivity contribution >= 4 is 29.2 Å². The lowest BCUT2D eigenvalue weighted by atomic mass is 10.1. The Morgan fingerprint density at radius 1 is 1.33 bits per heavy atom. The zero-order chi connectivity index (χ0) is 11.8. The highest BCUT2D eigenvalue weighted by atomic mass is 35.5. The third kappa shape index (κ3) is 6.33. The van der Waals surface area contributed by atoms with Crippen LogP contribution in [0.4, 0.5) is 0 Å². The van der Waals surface area contributed by atoms with Gasteiger partial charge in [-0.3, -0.25) is 4.79 Å². The molecule has 0 bridgehead atoms. The number of ether oxygens (including phenoxy) is 1. The first-order valence-corrected chi connectivity index (χ1v) is 4.82. The third-order valence-corrected chi connectivity index (χ3v) is 2.08. The minimum absolute atomic E-state index is 0.0309. The molecule has 0 fully saturated rings. The number of methoxy groups -OCH3 is 1. The lowest BCUT2D eigenvalue weighted by Crippen LogP contribution is -1.99. The van der Waals surface area contributed by atoms with E-state index < -0.39 is 5.97 Å². The number of rotatable bonds is 2. The van der Waals surface area contributed by atoms with Gasteiger partial charge >= 0.3 is 5.97 Å². The average molecular weight is 251 g/mol. The van der Waals surface area contributed by atoms with E-state index in [4.69, 9.17) is 28.3 Å². The van der Waals surface area contributed by atoms with E-state index in [0.29, 0.717) is 15.6 Å². The van der Waals surface area contributed by atoms with Crippen LogP contribution in [0.3, 0.4) is 0 Å². The van der Waals surface area contributed by atoms with Crippen LogP contribution in [0, 0.1) is 0 Å². The molecule has 3 nitrogen and oxygen atoms in total. The number of aliphatic carboxylic acids is 1. The van der Waals surface area contributed by atoms with Crippen molar-refractivity contribution in [2.24, 2.45) is 0 Å². The first kappa shape index (κ1) is 14.2.